The van der Waals surface area contributed by atoms with Crippen LogP contribution < -0.4 is 0 Å². The normalized spacial score (nSPS) is 39.9. The van der Waals surface area contributed by atoms with Crippen molar-refractivity contribution in [1.29, 1.82) is 0 Å². The lowest BCUT2D eigenvalue weighted by molar-refractivity contribution is -0.268. The van der Waals surface area contributed by atoms with Crippen LogP contribution in [0.4, 0.5) is 0 Å². The number of aromatic hydroxyl groups is 1. The molecule has 10 atom stereocenters. The molecule has 12 aliphatic rings. The van der Waals surface area contributed by atoms with E-state index in [1.165, 1.54) is 24.3 Å². The standard InChI is InChI=1S/C23H26O8.C16H21ClO5.C14H20O4/c1-14(2)19(26)31-23-9-15-7-21(28,12-23)11-22(8-15,13-23)30-18(25)10-29-20(27)16-3-5-17(24)6-4-16;1-10(2)13(19)22-16-5-11-3-14(20,8-16)7-15(4-11,9-16)21-12(18)6-17;1-9(2)11(15)18-14-5-10-3-12(16,7-14)6-13(17,4-10)8-14/h3-6,15,24,28H,1,7-13H2,2H3;11,20H,1,3-9H2,2H3;10,16-17H,1,3-8H2,2H3. The summed E-state index contributed by atoms with van der Waals surface area (Å²) in [7, 11) is 0. The zero-order valence-corrected chi connectivity index (χ0v) is 41.6. The van der Waals surface area contributed by atoms with E-state index >= 15 is 0 Å². The van der Waals surface area contributed by atoms with Crippen molar-refractivity contribution in [2.45, 2.75) is 187 Å². The topological polar surface area (TPSA) is 259 Å². The van der Waals surface area contributed by atoms with Crippen molar-refractivity contribution in [2.75, 3.05) is 12.5 Å². The number of aliphatic hydroxyl groups is 4. The molecule has 0 spiro atoms. The van der Waals surface area contributed by atoms with Crippen LogP contribution in [-0.4, -0.2) is 124 Å². The fourth-order valence-corrected chi connectivity index (χ4v) is 15.5. The zero-order chi connectivity index (χ0) is 51.8. The van der Waals surface area contributed by atoms with Crippen LogP contribution in [0, 0.1) is 17.8 Å². The Labute approximate surface area is 417 Å². The van der Waals surface area contributed by atoms with E-state index in [0.29, 0.717) is 101 Å². The van der Waals surface area contributed by atoms with E-state index in [2.05, 4.69) is 19.7 Å². The quantitative estimate of drug-likeness (QED) is 0.0716. The second kappa shape index (κ2) is 18.3. The highest BCUT2D eigenvalue weighted by atomic mass is 35.5. The molecule has 0 aromatic heterocycles. The highest BCUT2D eigenvalue weighted by Crippen LogP contribution is 2.64. The second-order valence-electron chi connectivity index (χ2n) is 23.6. The van der Waals surface area contributed by atoms with Crippen molar-refractivity contribution < 1.29 is 82.7 Å². The van der Waals surface area contributed by atoms with E-state index in [-0.39, 0.29) is 46.9 Å². The van der Waals surface area contributed by atoms with Crippen molar-refractivity contribution in [3.8, 4) is 5.75 Å². The third-order valence-electron chi connectivity index (χ3n) is 16.0. The summed E-state index contributed by atoms with van der Waals surface area (Å²) >= 11 is 5.55. The Hall–Kier alpha value is -4.81. The van der Waals surface area contributed by atoms with Gasteiger partial charge in [-0.05, 0) is 121 Å². The fraction of sp³-hybridized carbons (Fsp3) is 0.660. The number of halogens is 1. The summed E-state index contributed by atoms with van der Waals surface area (Å²) in [6, 6.07) is 5.46. The lowest BCUT2D eigenvalue weighted by atomic mass is 9.50. The average molecular weight is 1010 g/mol. The van der Waals surface area contributed by atoms with Crippen LogP contribution in [-0.2, 0) is 52.4 Å². The Morgan fingerprint density at radius 3 is 1.13 bits per heavy atom. The summed E-state index contributed by atoms with van der Waals surface area (Å²) in [6.07, 6.45) is 9.47. The van der Waals surface area contributed by atoms with E-state index in [4.69, 9.17) is 40.0 Å². The third-order valence-corrected chi connectivity index (χ3v) is 16.2. The number of phenolic OH excluding ortho intramolecular Hbond substituents is 1. The van der Waals surface area contributed by atoms with Gasteiger partial charge in [-0.15, -0.1) is 11.6 Å². The number of esters is 6. The molecule has 13 rings (SSSR count). The maximum atomic E-state index is 12.5. The number of alkyl halides is 1. The molecule has 1 aromatic rings. The first-order chi connectivity index (χ1) is 32.9. The summed E-state index contributed by atoms with van der Waals surface area (Å²) in [5.74, 6) is -3.02. The second-order valence-corrected chi connectivity index (χ2v) is 23.8. The highest BCUT2D eigenvalue weighted by Gasteiger charge is 2.68. The number of carbonyl (C=O) groups is 6. The maximum absolute atomic E-state index is 12.5. The van der Waals surface area contributed by atoms with Crippen molar-refractivity contribution in [3.63, 3.8) is 0 Å². The van der Waals surface area contributed by atoms with E-state index in [0.717, 1.165) is 19.3 Å². The maximum Gasteiger partial charge on any atom is 0.344 e. The minimum absolute atomic E-state index is 0.0111. The van der Waals surface area contributed by atoms with Crippen LogP contribution in [0.5, 0.6) is 5.75 Å². The predicted molar refractivity (Wildman–Crippen MR) is 251 cm³/mol. The van der Waals surface area contributed by atoms with E-state index < -0.39 is 92.8 Å². The Morgan fingerprint density at radius 1 is 0.493 bits per heavy atom. The van der Waals surface area contributed by atoms with E-state index in [1.54, 1.807) is 20.8 Å². The third kappa shape index (κ3) is 11.2. The van der Waals surface area contributed by atoms with Gasteiger partial charge in [-0.25, -0.2) is 24.0 Å². The molecule has 12 aliphatic carbocycles. The number of carbonyl (C=O) groups excluding carboxylic acids is 6. The van der Waals surface area contributed by atoms with Crippen molar-refractivity contribution in [3.05, 3.63) is 66.3 Å². The summed E-state index contributed by atoms with van der Waals surface area (Å²) < 4.78 is 33.4. The molecule has 12 saturated carbocycles. The first-order valence-electron chi connectivity index (χ1n) is 24.5. The molecule has 0 aliphatic heterocycles. The van der Waals surface area contributed by atoms with Gasteiger partial charge in [0.05, 0.1) is 28.0 Å². The van der Waals surface area contributed by atoms with Gasteiger partial charge >= 0.3 is 35.8 Å². The molecule has 12 fully saturated rings. The van der Waals surface area contributed by atoms with Gasteiger partial charge in [-0.1, -0.05) is 19.7 Å². The van der Waals surface area contributed by atoms with Gasteiger partial charge in [0.1, 0.15) is 39.6 Å². The molecule has 12 bridgehead atoms. The number of hydrogen-bond acceptors (Lipinski definition) is 17. The molecule has 0 saturated heterocycles. The molecule has 10 unspecified atom stereocenters. The average Bonchev–Trinajstić information content (AvgIpc) is 3.19. The van der Waals surface area contributed by atoms with Crippen LogP contribution in [0.3, 0.4) is 0 Å². The SMILES string of the molecule is C=C(C)C(=O)OC12CC3CC(O)(CC(O)(C3)C1)C2.C=C(C)C(=O)OC12CC3CC(O)(CC(OC(=O)CCl)(C3)C1)C2.C=C(C)C(=O)OC12CC3CC(O)(CC(OC(=O)COC(=O)c4ccc(O)cc4)(C3)C1)C2. The van der Waals surface area contributed by atoms with Gasteiger partial charge in [0.15, 0.2) is 6.61 Å². The van der Waals surface area contributed by atoms with Crippen LogP contribution in [0.15, 0.2) is 60.7 Å². The molecular weight excluding hydrogens is 944 g/mol. The van der Waals surface area contributed by atoms with Crippen molar-refractivity contribution >= 4 is 47.4 Å². The summed E-state index contributed by atoms with van der Waals surface area (Å²) in [6.45, 7) is 15.0. The van der Waals surface area contributed by atoms with Gasteiger partial charge in [-0.3, -0.25) is 4.79 Å². The molecule has 0 amide bonds. The fourth-order valence-electron chi connectivity index (χ4n) is 15.4. The first kappa shape index (κ1) is 52.5. The Balaban J connectivity index is 0.000000149. The van der Waals surface area contributed by atoms with E-state index in [9.17, 15) is 54.3 Å². The Kier molecular flexibility index (Phi) is 13.5. The molecule has 17 nitrogen and oxygen atoms in total. The van der Waals surface area contributed by atoms with Gasteiger partial charge in [-0.2, -0.15) is 0 Å². The molecule has 18 heteroatoms. The summed E-state index contributed by atoms with van der Waals surface area (Å²) in [5, 5.41) is 52.2. The van der Waals surface area contributed by atoms with Crippen LogP contribution >= 0.6 is 11.6 Å². The first-order valence-corrected chi connectivity index (χ1v) is 25.0. The largest absolute Gasteiger partial charge is 0.508 e. The summed E-state index contributed by atoms with van der Waals surface area (Å²) in [5.41, 5.74) is -6.65. The molecule has 71 heavy (non-hydrogen) atoms. The lowest BCUT2D eigenvalue weighted by Crippen LogP contribution is -2.68. The molecule has 0 radical (unpaired) electrons. The molecular formula is C53H67ClO17. The van der Waals surface area contributed by atoms with Gasteiger partial charge in [0.25, 0.3) is 0 Å². The molecule has 0 heterocycles. The van der Waals surface area contributed by atoms with Gasteiger partial charge < -0.3 is 54.0 Å². The molecule has 388 valence electrons. The van der Waals surface area contributed by atoms with Gasteiger partial charge in [0.2, 0.25) is 0 Å². The minimum atomic E-state index is -1.07. The van der Waals surface area contributed by atoms with Crippen LogP contribution in [0.25, 0.3) is 0 Å². The number of rotatable bonds is 12. The number of phenols is 1. The lowest BCUT2D eigenvalue weighted by Gasteiger charge is -2.63. The van der Waals surface area contributed by atoms with Crippen LogP contribution in [0.2, 0.25) is 0 Å². The Morgan fingerprint density at radius 2 is 0.803 bits per heavy atom. The number of benzene rings is 1. The van der Waals surface area contributed by atoms with E-state index in [1.807, 2.05) is 0 Å². The summed E-state index contributed by atoms with van der Waals surface area (Å²) in [4.78, 5) is 72.2. The molecule has 5 N–H and O–H groups in total. The predicted octanol–water partition coefficient (Wildman–Crippen LogP) is 5.82. The zero-order valence-electron chi connectivity index (χ0n) is 40.8. The Bertz CT molecular complexity index is 2400. The van der Waals surface area contributed by atoms with Crippen molar-refractivity contribution in [1.82, 2.24) is 0 Å². The number of hydrogen-bond donors (Lipinski definition) is 5. The van der Waals surface area contributed by atoms with Crippen LogP contribution in [0.1, 0.15) is 147 Å². The highest BCUT2D eigenvalue weighted by molar-refractivity contribution is 6.26. The monoisotopic (exact) mass is 1010 g/mol. The minimum Gasteiger partial charge on any atom is -0.508 e. The van der Waals surface area contributed by atoms with Crippen molar-refractivity contribution in [2.24, 2.45) is 17.8 Å². The molecule has 1 aromatic carbocycles. The van der Waals surface area contributed by atoms with Gasteiger partial charge in [0, 0.05) is 74.5 Å². The smallest absolute Gasteiger partial charge is 0.344 e. The number of ether oxygens (including phenoxy) is 6.